The third-order valence-electron chi connectivity index (χ3n) is 3.06. The fourth-order valence-corrected chi connectivity index (χ4v) is 1.81. The van der Waals surface area contributed by atoms with E-state index in [2.05, 4.69) is 40.2 Å². The number of nitrogens with zero attached hydrogens (tertiary/aromatic N) is 2. The number of nitrogens with one attached hydrogen (secondary N) is 2. The Morgan fingerprint density at radius 3 is 3.18 bits per heavy atom. The van der Waals surface area contributed by atoms with Gasteiger partial charge in [-0.15, -0.1) is 0 Å². The highest BCUT2D eigenvalue weighted by atomic mass is 15.1. The molecule has 0 amide bonds. The van der Waals surface area contributed by atoms with Gasteiger partial charge in [-0.25, -0.2) is 4.98 Å². The number of likely N-dealkylation sites (N-methyl/N-ethyl adjacent to an activating group) is 1. The molecule has 0 bridgehead atoms. The summed E-state index contributed by atoms with van der Waals surface area (Å²) in [5.74, 6) is 0. The Labute approximate surface area is 102 Å². The van der Waals surface area contributed by atoms with E-state index in [0.29, 0.717) is 0 Å². The molecule has 0 fully saturated rings. The van der Waals surface area contributed by atoms with Crippen molar-refractivity contribution in [1.29, 1.82) is 0 Å². The fourth-order valence-electron chi connectivity index (χ4n) is 1.81. The Bertz CT molecular complexity index is 463. The highest BCUT2D eigenvalue weighted by Crippen LogP contribution is 2.14. The first kappa shape index (κ1) is 12.1. The molecule has 2 N–H and O–H groups in total. The molecule has 2 aromatic heterocycles. The number of pyridine rings is 1. The zero-order valence-electron chi connectivity index (χ0n) is 10.5. The van der Waals surface area contributed by atoms with Gasteiger partial charge in [0.1, 0.15) is 5.65 Å². The average Bonchev–Trinajstić information content (AvgIpc) is 2.78. The summed E-state index contributed by atoms with van der Waals surface area (Å²) in [6, 6.07) is 4.08. The van der Waals surface area contributed by atoms with Crippen molar-refractivity contribution in [3.8, 4) is 0 Å². The van der Waals surface area contributed by atoms with Gasteiger partial charge >= 0.3 is 0 Å². The van der Waals surface area contributed by atoms with Crippen molar-refractivity contribution in [1.82, 2.24) is 20.2 Å². The van der Waals surface area contributed by atoms with Gasteiger partial charge in [-0.05, 0) is 31.3 Å². The molecule has 0 saturated heterocycles. The largest absolute Gasteiger partial charge is 0.346 e. The van der Waals surface area contributed by atoms with Gasteiger partial charge in [0, 0.05) is 37.4 Å². The summed E-state index contributed by atoms with van der Waals surface area (Å²) >= 11 is 0. The lowest BCUT2D eigenvalue weighted by Crippen LogP contribution is -2.28. The number of H-pyrrole nitrogens is 1. The van der Waals surface area contributed by atoms with E-state index >= 15 is 0 Å². The van der Waals surface area contributed by atoms with Crippen LogP contribution in [0.4, 0.5) is 0 Å². The van der Waals surface area contributed by atoms with Crippen LogP contribution < -0.4 is 5.32 Å². The summed E-state index contributed by atoms with van der Waals surface area (Å²) in [5.41, 5.74) is 2.25. The lowest BCUT2D eigenvalue weighted by molar-refractivity contribution is 0.349. The number of hydrogen-bond acceptors (Lipinski definition) is 3. The monoisotopic (exact) mass is 232 g/mol. The predicted molar refractivity (Wildman–Crippen MR) is 71.0 cm³/mol. The summed E-state index contributed by atoms with van der Waals surface area (Å²) in [5, 5.41) is 4.67. The van der Waals surface area contributed by atoms with Gasteiger partial charge in [0.05, 0.1) is 0 Å². The maximum atomic E-state index is 4.28. The number of rotatable bonds is 6. The maximum absolute atomic E-state index is 4.28. The van der Waals surface area contributed by atoms with Crippen LogP contribution in [0.1, 0.15) is 12.5 Å². The minimum absolute atomic E-state index is 0.892. The summed E-state index contributed by atoms with van der Waals surface area (Å²) in [4.78, 5) is 9.76. The Morgan fingerprint density at radius 1 is 1.47 bits per heavy atom. The standard InChI is InChI=1S/C13H20N4/c1-3-17(2)8-7-14-9-11-10-16-13-12(11)5-4-6-15-13/h4-6,10,14H,3,7-9H2,1-2H3,(H,15,16). The minimum Gasteiger partial charge on any atom is -0.346 e. The van der Waals surface area contributed by atoms with E-state index in [9.17, 15) is 0 Å². The van der Waals surface area contributed by atoms with E-state index in [4.69, 9.17) is 0 Å². The lowest BCUT2D eigenvalue weighted by Gasteiger charge is -2.13. The number of hydrogen-bond donors (Lipinski definition) is 2. The van der Waals surface area contributed by atoms with Gasteiger partial charge in [0.2, 0.25) is 0 Å². The van der Waals surface area contributed by atoms with Crippen molar-refractivity contribution >= 4 is 11.0 Å². The second-order valence-electron chi connectivity index (χ2n) is 4.29. The number of fused-ring (bicyclic) bond motifs is 1. The molecule has 92 valence electrons. The van der Waals surface area contributed by atoms with Crippen LogP contribution in [0.2, 0.25) is 0 Å². The molecule has 0 radical (unpaired) electrons. The third-order valence-corrected chi connectivity index (χ3v) is 3.06. The van der Waals surface area contributed by atoms with Gasteiger partial charge in [-0.3, -0.25) is 0 Å². The molecule has 4 heteroatoms. The van der Waals surface area contributed by atoms with Crippen molar-refractivity contribution in [3.05, 3.63) is 30.1 Å². The van der Waals surface area contributed by atoms with Gasteiger partial charge in [-0.1, -0.05) is 6.92 Å². The third kappa shape index (κ3) is 3.05. The molecule has 0 atom stereocenters. The van der Waals surface area contributed by atoms with E-state index < -0.39 is 0 Å². The molecule has 2 aromatic rings. The van der Waals surface area contributed by atoms with Crippen LogP contribution >= 0.6 is 0 Å². The molecular weight excluding hydrogens is 212 g/mol. The average molecular weight is 232 g/mol. The number of aromatic nitrogens is 2. The molecule has 0 unspecified atom stereocenters. The van der Waals surface area contributed by atoms with E-state index in [-0.39, 0.29) is 0 Å². The molecule has 0 aliphatic heterocycles. The second-order valence-corrected chi connectivity index (χ2v) is 4.29. The van der Waals surface area contributed by atoms with Crippen LogP contribution in [0.5, 0.6) is 0 Å². The SMILES string of the molecule is CCN(C)CCNCc1c[nH]c2ncccc12. The van der Waals surface area contributed by atoms with Gasteiger partial charge in [0.15, 0.2) is 0 Å². The van der Waals surface area contributed by atoms with Crippen LogP contribution in [0.25, 0.3) is 11.0 Å². The van der Waals surface area contributed by atoms with Crippen molar-refractivity contribution in [2.24, 2.45) is 0 Å². The topological polar surface area (TPSA) is 44.0 Å². The van der Waals surface area contributed by atoms with Crippen LogP contribution in [0.3, 0.4) is 0 Å². The molecule has 0 aliphatic carbocycles. The van der Waals surface area contributed by atoms with Crippen LogP contribution in [0, 0.1) is 0 Å². The lowest BCUT2D eigenvalue weighted by atomic mass is 10.2. The molecule has 0 aliphatic rings. The summed E-state index contributed by atoms with van der Waals surface area (Å²) < 4.78 is 0. The Hall–Kier alpha value is -1.39. The quantitative estimate of drug-likeness (QED) is 0.744. The molecule has 17 heavy (non-hydrogen) atoms. The summed E-state index contributed by atoms with van der Waals surface area (Å²) in [6.45, 7) is 6.25. The zero-order valence-corrected chi connectivity index (χ0v) is 10.5. The highest BCUT2D eigenvalue weighted by Gasteiger charge is 2.02. The van der Waals surface area contributed by atoms with Gasteiger partial charge in [-0.2, -0.15) is 0 Å². The Balaban J connectivity index is 1.87. The number of aromatic amines is 1. The predicted octanol–water partition coefficient (Wildman–Crippen LogP) is 1.60. The minimum atomic E-state index is 0.892. The van der Waals surface area contributed by atoms with Crippen molar-refractivity contribution in [3.63, 3.8) is 0 Å². The van der Waals surface area contributed by atoms with Crippen LogP contribution in [-0.2, 0) is 6.54 Å². The second kappa shape index (κ2) is 5.80. The van der Waals surface area contributed by atoms with E-state index in [1.165, 1.54) is 10.9 Å². The van der Waals surface area contributed by atoms with Gasteiger partial charge < -0.3 is 15.2 Å². The molecule has 2 heterocycles. The van der Waals surface area contributed by atoms with E-state index in [1.807, 2.05) is 18.5 Å². The van der Waals surface area contributed by atoms with Crippen LogP contribution in [0.15, 0.2) is 24.5 Å². The normalized spacial score (nSPS) is 11.5. The smallest absolute Gasteiger partial charge is 0.137 e. The molecule has 4 nitrogen and oxygen atoms in total. The van der Waals surface area contributed by atoms with Crippen molar-refractivity contribution < 1.29 is 0 Å². The first-order chi connectivity index (χ1) is 8.31. The zero-order chi connectivity index (χ0) is 12.1. The molecule has 0 saturated carbocycles. The molecule has 2 rings (SSSR count). The summed E-state index contributed by atoms with van der Waals surface area (Å²) in [7, 11) is 2.14. The Morgan fingerprint density at radius 2 is 2.35 bits per heavy atom. The Kier molecular flexibility index (Phi) is 4.12. The summed E-state index contributed by atoms with van der Waals surface area (Å²) in [6.07, 6.45) is 3.85. The van der Waals surface area contributed by atoms with Crippen molar-refractivity contribution in [2.75, 3.05) is 26.7 Å². The molecule has 0 spiro atoms. The van der Waals surface area contributed by atoms with Crippen LogP contribution in [-0.4, -0.2) is 41.5 Å². The fraction of sp³-hybridized carbons (Fsp3) is 0.462. The van der Waals surface area contributed by atoms with Crippen molar-refractivity contribution in [2.45, 2.75) is 13.5 Å². The van der Waals surface area contributed by atoms with E-state index in [1.54, 1.807) is 0 Å². The first-order valence-corrected chi connectivity index (χ1v) is 6.11. The van der Waals surface area contributed by atoms with E-state index in [0.717, 1.165) is 31.8 Å². The highest BCUT2D eigenvalue weighted by molar-refractivity contribution is 5.79. The van der Waals surface area contributed by atoms with Gasteiger partial charge in [0.25, 0.3) is 0 Å². The molecule has 0 aromatic carbocycles. The molecular formula is C13H20N4. The first-order valence-electron chi connectivity index (χ1n) is 6.11. The maximum Gasteiger partial charge on any atom is 0.137 e.